The molecule has 23 nitrogen and oxygen atoms in total. The van der Waals surface area contributed by atoms with Crippen LogP contribution in [0.15, 0.2) is 36.5 Å². The molecule has 18 atom stereocenters. The van der Waals surface area contributed by atoms with E-state index < -0.39 is 155 Å². The largest absolute Gasteiger partial charge is 0.477 e. The van der Waals surface area contributed by atoms with E-state index in [1.54, 1.807) is 6.08 Å². The van der Waals surface area contributed by atoms with Crippen molar-refractivity contribution in [1.82, 2.24) is 10.6 Å². The monoisotopic (exact) mass is 1560 g/mol. The van der Waals surface area contributed by atoms with Gasteiger partial charge in [0.05, 0.1) is 50.7 Å². The van der Waals surface area contributed by atoms with Gasteiger partial charge in [-0.2, -0.15) is 0 Å². The molecule has 638 valence electrons. The number of carbonyl (C=O) groups excluding carboxylic acids is 2. The molecule has 0 bridgehead atoms. The van der Waals surface area contributed by atoms with Gasteiger partial charge in [0.25, 0.3) is 5.79 Å². The summed E-state index contributed by atoms with van der Waals surface area (Å²) in [6, 6.07) is -2.62. The zero-order valence-corrected chi connectivity index (χ0v) is 67.9. The Labute approximate surface area is 656 Å². The molecule has 14 N–H and O–H groups in total. The molecule has 109 heavy (non-hydrogen) atoms. The Morgan fingerprint density at radius 3 is 1.29 bits per heavy atom. The van der Waals surface area contributed by atoms with Gasteiger partial charge in [-0.05, 0) is 51.4 Å². The van der Waals surface area contributed by atoms with Crippen LogP contribution in [0.25, 0.3) is 0 Å². The van der Waals surface area contributed by atoms with Gasteiger partial charge in [0.15, 0.2) is 12.6 Å². The molecule has 3 saturated heterocycles. The number of allylic oxidation sites excluding steroid dienone is 5. The number of aliphatic hydroxyl groups excluding tert-OH is 11. The molecule has 0 radical (unpaired) electrons. The molecule has 0 aromatic heterocycles. The predicted octanol–water partition coefficient (Wildman–Crippen LogP) is 13.3. The zero-order chi connectivity index (χ0) is 79.5. The second-order valence-electron chi connectivity index (χ2n) is 31.8. The van der Waals surface area contributed by atoms with Crippen molar-refractivity contribution in [3.05, 3.63) is 36.5 Å². The van der Waals surface area contributed by atoms with Crippen molar-refractivity contribution in [2.75, 3.05) is 26.4 Å². The molecule has 23 heteroatoms. The quantitative estimate of drug-likeness (QED) is 0.0199. The van der Waals surface area contributed by atoms with Crippen molar-refractivity contribution in [2.45, 2.75) is 464 Å². The summed E-state index contributed by atoms with van der Waals surface area (Å²) < 4.78 is 34.9. The SMILES string of the molecule is CCCCCCCCCCCCCCCC/C=C/C(O)C(COC1OC(CO)C(OC2OC(CO)C(O)C(OC3(C(=O)O)CC(O)C(NC(C)=O)C(C(O)C(O)CO)O3)C2O)C(O)C1O)NC(=O)CCCCCCCCCCCCCCCCCCC/C=C\C/C=C\CCCCCCCCCCCCCCCCC. The van der Waals surface area contributed by atoms with E-state index in [1.165, 1.54) is 257 Å². The van der Waals surface area contributed by atoms with Crippen LogP contribution in [-0.2, 0) is 42.8 Å². The fraction of sp³-hybridized carbons (Fsp3) is 0.895. The van der Waals surface area contributed by atoms with Crippen LogP contribution in [0, 0.1) is 0 Å². The first kappa shape index (κ1) is 100. The number of amides is 2. The summed E-state index contributed by atoms with van der Waals surface area (Å²) in [7, 11) is 0. The molecule has 2 amide bonds. The van der Waals surface area contributed by atoms with Crippen LogP contribution in [-0.4, -0.2) is 215 Å². The number of ether oxygens (including phenoxy) is 6. The molecule has 0 aromatic carbocycles. The number of aliphatic hydroxyl groups is 11. The third-order valence-electron chi connectivity index (χ3n) is 22.1. The van der Waals surface area contributed by atoms with Crippen molar-refractivity contribution in [1.29, 1.82) is 0 Å². The summed E-state index contributed by atoms with van der Waals surface area (Å²) in [6.07, 6.45) is 46.4. The number of hydrogen-bond acceptors (Lipinski definition) is 20. The van der Waals surface area contributed by atoms with Crippen LogP contribution in [0.3, 0.4) is 0 Å². The minimum absolute atomic E-state index is 0.202. The van der Waals surface area contributed by atoms with Gasteiger partial charge in [0, 0.05) is 19.8 Å². The van der Waals surface area contributed by atoms with Crippen LogP contribution in [0.2, 0.25) is 0 Å². The third-order valence-corrected chi connectivity index (χ3v) is 22.1. The van der Waals surface area contributed by atoms with E-state index in [1.807, 2.05) is 6.08 Å². The summed E-state index contributed by atoms with van der Waals surface area (Å²) in [5, 5.41) is 136. The van der Waals surface area contributed by atoms with Crippen LogP contribution in [0.5, 0.6) is 0 Å². The molecule has 18 unspecified atom stereocenters. The molecule has 3 aliphatic rings. The lowest BCUT2D eigenvalue weighted by Crippen LogP contribution is -2.70. The fourth-order valence-electron chi connectivity index (χ4n) is 15.2. The standard InChI is InChI=1S/C86H158N2O21/c1-4-6-8-10-12-14-16-18-20-22-23-24-25-26-27-28-29-30-31-32-33-34-35-36-37-38-39-40-41-42-43-44-46-48-50-52-54-56-58-60-73(96)88-67(68(93)59-57-55-53-51-49-47-45-21-19-17-15-13-11-9-7-5-2)65-104-83-78(100)77(99)80(72(64-91)106-83)107-84-79(101)82(76(98)71(63-90)105-84)109-86(85(102)103)61-69(94)74(87-66(3)92)81(108-86)75(97)70(95)62-89/h29-30,32-33,57,59,67-72,74-84,89-91,93-95,97-101H,4-28,31,34-56,58,60-65H2,1-3H3,(H,87,92)(H,88,96)(H,102,103)/b30-29-,33-32-,59-57+. The Morgan fingerprint density at radius 2 is 0.890 bits per heavy atom. The normalized spacial score (nSPS) is 25.9. The molecule has 0 aliphatic carbocycles. The highest BCUT2D eigenvalue weighted by Crippen LogP contribution is 2.39. The van der Waals surface area contributed by atoms with E-state index >= 15 is 0 Å². The van der Waals surface area contributed by atoms with Crippen molar-refractivity contribution < 1.29 is 104 Å². The molecule has 3 fully saturated rings. The summed E-state index contributed by atoms with van der Waals surface area (Å²) in [6.45, 7) is 2.18. The van der Waals surface area contributed by atoms with Gasteiger partial charge in [-0.1, -0.05) is 320 Å². The van der Waals surface area contributed by atoms with E-state index in [0.717, 1.165) is 58.3 Å². The minimum atomic E-state index is -3.08. The van der Waals surface area contributed by atoms with Gasteiger partial charge in [0.2, 0.25) is 11.8 Å². The Bertz CT molecular complexity index is 2300. The van der Waals surface area contributed by atoms with E-state index in [-0.39, 0.29) is 12.3 Å². The Balaban J connectivity index is 1.40. The zero-order valence-electron chi connectivity index (χ0n) is 67.9. The lowest BCUT2D eigenvalue weighted by atomic mass is 9.88. The van der Waals surface area contributed by atoms with E-state index in [4.69, 9.17) is 28.4 Å². The predicted molar refractivity (Wildman–Crippen MR) is 426 cm³/mol. The highest BCUT2D eigenvalue weighted by atomic mass is 16.8. The Morgan fingerprint density at radius 1 is 0.486 bits per heavy atom. The molecule has 3 rings (SSSR count). The number of hydrogen-bond donors (Lipinski definition) is 14. The molecule has 0 spiro atoms. The smallest absolute Gasteiger partial charge is 0.364 e. The van der Waals surface area contributed by atoms with Crippen LogP contribution in [0.4, 0.5) is 0 Å². The maximum Gasteiger partial charge on any atom is 0.364 e. The number of carbonyl (C=O) groups is 3. The third kappa shape index (κ3) is 43.5. The van der Waals surface area contributed by atoms with Crippen molar-refractivity contribution in [2.24, 2.45) is 0 Å². The first-order chi connectivity index (χ1) is 52.9. The second-order valence-corrected chi connectivity index (χ2v) is 31.8. The number of nitrogens with one attached hydrogen (secondary N) is 2. The van der Waals surface area contributed by atoms with E-state index in [9.17, 15) is 75.7 Å². The maximum absolute atomic E-state index is 13.6. The second kappa shape index (κ2) is 64.2. The van der Waals surface area contributed by atoms with Gasteiger partial charge in [0.1, 0.15) is 67.1 Å². The van der Waals surface area contributed by atoms with Crippen LogP contribution in [0.1, 0.15) is 355 Å². The van der Waals surface area contributed by atoms with E-state index in [0.29, 0.717) is 12.8 Å². The van der Waals surface area contributed by atoms with Crippen molar-refractivity contribution in [3.63, 3.8) is 0 Å². The average Bonchev–Trinajstić information content (AvgIpc) is 0.754. The lowest BCUT2D eigenvalue weighted by molar-refractivity contribution is -0.386. The summed E-state index contributed by atoms with van der Waals surface area (Å²) in [4.78, 5) is 38.7. The van der Waals surface area contributed by atoms with Crippen molar-refractivity contribution in [3.8, 4) is 0 Å². The number of rotatable bonds is 70. The fourth-order valence-corrected chi connectivity index (χ4v) is 15.2. The van der Waals surface area contributed by atoms with Crippen LogP contribution >= 0.6 is 0 Å². The first-order valence-corrected chi connectivity index (χ1v) is 43.9. The minimum Gasteiger partial charge on any atom is -0.477 e. The highest BCUT2D eigenvalue weighted by molar-refractivity contribution is 5.77. The molecule has 3 heterocycles. The number of carboxylic acid groups (broad SMARTS) is 1. The van der Waals surface area contributed by atoms with E-state index in [2.05, 4.69) is 48.8 Å². The molecule has 0 saturated carbocycles. The summed E-state index contributed by atoms with van der Waals surface area (Å²) in [5.74, 6) is -6.14. The Kier molecular flexibility index (Phi) is 58.9. The number of carboxylic acids is 1. The highest BCUT2D eigenvalue weighted by Gasteiger charge is 2.60. The lowest BCUT2D eigenvalue weighted by Gasteiger charge is -2.50. The average molecular weight is 1560 g/mol. The number of unbranched alkanes of at least 4 members (excludes halogenated alkanes) is 46. The van der Waals surface area contributed by atoms with Gasteiger partial charge in [-0.25, -0.2) is 4.79 Å². The van der Waals surface area contributed by atoms with Crippen LogP contribution < -0.4 is 10.6 Å². The van der Waals surface area contributed by atoms with Gasteiger partial charge in [-0.3, -0.25) is 9.59 Å². The summed E-state index contributed by atoms with van der Waals surface area (Å²) in [5.41, 5.74) is 0. The Hall–Kier alpha value is -3.05. The molecule has 0 aromatic rings. The maximum atomic E-state index is 13.6. The van der Waals surface area contributed by atoms with Crippen molar-refractivity contribution >= 4 is 17.8 Å². The van der Waals surface area contributed by atoms with Gasteiger partial charge >= 0.3 is 5.97 Å². The number of aliphatic carboxylic acids is 1. The topological polar surface area (TPSA) is 373 Å². The molecular weight excluding hydrogens is 1400 g/mol. The summed E-state index contributed by atoms with van der Waals surface area (Å²) >= 11 is 0. The van der Waals surface area contributed by atoms with Gasteiger partial charge < -0.3 is 100 Å². The van der Waals surface area contributed by atoms with Gasteiger partial charge in [-0.15, -0.1) is 0 Å². The molecular formula is C86H158N2O21. The first-order valence-electron chi connectivity index (χ1n) is 43.9. The molecule has 3 aliphatic heterocycles.